The number of H-pyrrole nitrogens is 1. The fourth-order valence-electron chi connectivity index (χ4n) is 2.06. The van der Waals surface area contributed by atoms with Crippen molar-refractivity contribution in [2.24, 2.45) is 4.99 Å². The molecule has 0 aliphatic carbocycles. The largest absolute Gasteiger partial charge is 0.297 e. The molecule has 0 unspecified atom stereocenters. The predicted octanol–water partition coefficient (Wildman–Crippen LogP) is 3.40. The minimum absolute atomic E-state index is 0.670. The summed E-state index contributed by atoms with van der Waals surface area (Å²) >= 11 is 0. The van der Waals surface area contributed by atoms with E-state index in [2.05, 4.69) is 21.3 Å². The van der Waals surface area contributed by atoms with Crippen LogP contribution in [0.4, 0.5) is 0 Å². The second-order valence-electron chi connectivity index (χ2n) is 4.41. The number of aromatic nitrogens is 2. The molecular weight excluding hydrogens is 248 g/mol. The molecule has 0 bridgehead atoms. The van der Waals surface area contributed by atoms with Crippen molar-refractivity contribution >= 4 is 22.7 Å². The van der Waals surface area contributed by atoms with Crippen molar-refractivity contribution in [2.75, 3.05) is 7.05 Å². The van der Waals surface area contributed by atoms with Crippen molar-refractivity contribution in [3.05, 3.63) is 47.2 Å². The van der Waals surface area contributed by atoms with E-state index in [1.807, 2.05) is 44.2 Å². The maximum atomic E-state index is 9.06. The molecule has 100 valence electrons. The standard InChI is InChI=1S/C16H16N4/c1-4-12(6-5-7-18-3)16-14-8-11(2)13(10-17)9-15(14)19-20-16/h4-9H,1-3H3,(H,19,20)/b6-5-,12-4+,18-7-. The molecule has 0 aliphatic rings. The van der Waals surface area contributed by atoms with E-state index in [0.717, 1.165) is 27.7 Å². The van der Waals surface area contributed by atoms with Gasteiger partial charge in [-0.15, -0.1) is 0 Å². The zero-order valence-corrected chi connectivity index (χ0v) is 11.8. The SMILES string of the molecule is C\C=C(/C=C\C=N/C)c1n[nH]c2cc(C#N)c(C)cc12. The zero-order valence-electron chi connectivity index (χ0n) is 11.8. The molecule has 20 heavy (non-hydrogen) atoms. The van der Waals surface area contributed by atoms with Gasteiger partial charge in [-0.1, -0.05) is 12.2 Å². The number of nitriles is 1. The lowest BCUT2D eigenvalue weighted by Gasteiger charge is -2.00. The molecule has 1 N–H and O–H groups in total. The van der Waals surface area contributed by atoms with Gasteiger partial charge < -0.3 is 0 Å². The number of hydrogen-bond donors (Lipinski definition) is 1. The molecule has 0 fully saturated rings. The van der Waals surface area contributed by atoms with Crippen LogP contribution < -0.4 is 0 Å². The van der Waals surface area contributed by atoms with Crippen LogP contribution in [0, 0.1) is 18.3 Å². The zero-order chi connectivity index (χ0) is 14.5. The number of nitrogens with zero attached hydrogens (tertiary/aromatic N) is 3. The summed E-state index contributed by atoms with van der Waals surface area (Å²) < 4.78 is 0. The molecule has 1 aromatic carbocycles. The average Bonchev–Trinajstić information content (AvgIpc) is 2.85. The number of aryl methyl sites for hydroxylation is 1. The molecule has 2 rings (SSSR count). The topological polar surface area (TPSA) is 64.8 Å². The summed E-state index contributed by atoms with van der Waals surface area (Å²) in [6.45, 7) is 3.91. The van der Waals surface area contributed by atoms with Gasteiger partial charge in [0.2, 0.25) is 0 Å². The van der Waals surface area contributed by atoms with E-state index < -0.39 is 0 Å². The predicted molar refractivity (Wildman–Crippen MR) is 82.8 cm³/mol. The number of hydrogen-bond acceptors (Lipinski definition) is 3. The van der Waals surface area contributed by atoms with Gasteiger partial charge in [0, 0.05) is 18.6 Å². The molecule has 0 amide bonds. The lowest BCUT2D eigenvalue weighted by molar-refractivity contribution is 1.10. The van der Waals surface area contributed by atoms with Crippen LogP contribution in [-0.2, 0) is 0 Å². The summed E-state index contributed by atoms with van der Waals surface area (Å²) in [6, 6.07) is 6.02. The minimum atomic E-state index is 0.670. The summed E-state index contributed by atoms with van der Waals surface area (Å²) in [5.41, 5.74) is 4.40. The molecule has 2 aromatic rings. The number of allylic oxidation sites excluding steroid dienone is 4. The van der Waals surface area contributed by atoms with Gasteiger partial charge in [-0.2, -0.15) is 10.4 Å². The Hall–Kier alpha value is -2.67. The normalized spacial score (nSPS) is 12.6. The second kappa shape index (κ2) is 5.98. The van der Waals surface area contributed by atoms with Gasteiger partial charge in [0.05, 0.1) is 22.8 Å². The quantitative estimate of drug-likeness (QED) is 0.682. The third-order valence-electron chi connectivity index (χ3n) is 3.12. The van der Waals surface area contributed by atoms with Gasteiger partial charge >= 0.3 is 0 Å². The number of nitrogens with one attached hydrogen (secondary N) is 1. The Bertz CT molecular complexity index is 755. The van der Waals surface area contributed by atoms with E-state index in [9.17, 15) is 0 Å². The van der Waals surface area contributed by atoms with Crippen molar-refractivity contribution in [3.8, 4) is 6.07 Å². The lowest BCUT2D eigenvalue weighted by Crippen LogP contribution is -1.85. The van der Waals surface area contributed by atoms with E-state index in [0.29, 0.717) is 5.56 Å². The van der Waals surface area contributed by atoms with Crippen LogP contribution in [0.15, 0.2) is 35.4 Å². The maximum absolute atomic E-state index is 9.06. The van der Waals surface area contributed by atoms with Crippen molar-refractivity contribution in [1.82, 2.24) is 10.2 Å². The molecule has 0 aliphatic heterocycles. The molecule has 0 radical (unpaired) electrons. The van der Waals surface area contributed by atoms with Crippen LogP contribution in [0.25, 0.3) is 16.5 Å². The fourth-order valence-corrected chi connectivity index (χ4v) is 2.06. The Morgan fingerprint density at radius 2 is 2.25 bits per heavy atom. The Labute approximate surface area is 118 Å². The third-order valence-corrected chi connectivity index (χ3v) is 3.12. The molecule has 0 saturated carbocycles. The summed E-state index contributed by atoms with van der Waals surface area (Å²) in [5.74, 6) is 0. The van der Waals surface area contributed by atoms with Crippen molar-refractivity contribution in [2.45, 2.75) is 13.8 Å². The highest BCUT2D eigenvalue weighted by Gasteiger charge is 2.10. The smallest absolute Gasteiger partial charge is 0.0996 e. The van der Waals surface area contributed by atoms with Crippen LogP contribution in [0.5, 0.6) is 0 Å². The number of rotatable bonds is 3. The van der Waals surface area contributed by atoms with Crippen molar-refractivity contribution < 1.29 is 0 Å². The monoisotopic (exact) mass is 264 g/mol. The molecule has 0 saturated heterocycles. The van der Waals surface area contributed by atoms with Crippen molar-refractivity contribution in [3.63, 3.8) is 0 Å². The van der Waals surface area contributed by atoms with Gasteiger partial charge in [0.1, 0.15) is 0 Å². The molecule has 0 atom stereocenters. The fraction of sp³-hybridized carbons (Fsp3) is 0.188. The Balaban J connectivity index is 2.56. The minimum Gasteiger partial charge on any atom is -0.297 e. The van der Waals surface area contributed by atoms with Crippen molar-refractivity contribution in [1.29, 1.82) is 5.26 Å². The first-order valence-corrected chi connectivity index (χ1v) is 6.35. The molecule has 0 spiro atoms. The molecule has 4 nitrogen and oxygen atoms in total. The molecule has 1 aromatic heterocycles. The van der Waals surface area contributed by atoms with E-state index in [4.69, 9.17) is 5.26 Å². The summed E-state index contributed by atoms with van der Waals surface area (Å²) in [4.78, 5) is 3.92. The van der Waals surface area contributed by atoms with Gasteiger partial charge in [-0.3, -0.25) is 10.1 Å². The van der Waals surface area contributed by atoms with Crippen LogP contribution in [-0.4, -0.2) is 23.5 Å². The average molecular weight is 264 g/mol. The Kier molecular flexibility index (Phi) is 4.11. The highest BCUT2D eigenvalue weighted by atomic mass is 15.1. The lowest BCUT2D eigenvalue weighted by atomic mass is 10.0. The van der Waals surface area contributed by atoms with Crippen LogP contribution >= 0.6 is 0 Å². The van der Waals surface area contributed by atoms with Crippen LogP contribution in [0.1, 0.15) is 23.7 Å². The first-order valence-electron chi connectivity index (χ1n) is 6.35. The number of aliphatic imine (C=N–C) groups is 1. The second-order valence-corrected chi connectivity index (χ2v) is 4.41. The first kappa shape index (κ1) is 13.8. The van der Waals surface area contributed by atoms with E-state index in [1.165, 1.54) is 0 Å². The molecular formula is C16H16N4. The van der Waals surface area contributed by atoms with E-state index >= 15 is 0 Å². The van der Waals surface area contributed by atoms with Gasteiger partial charge in [-0.05, 0) is 43.2 Å². The third kappa shape index (κ3) is 2.52. The summed E-state index contributed by atoms with van der Waals surface area (Å²) in [7, 11) is 1.73. The molecule has 4 heteroatoms. The van der Waals surface area contributed by atoms with Gasteiger partial charge in [-0.25, -0.2) is 0 Å². The van der Waals surface area contributed by atoms with E-state index in [-0.39, 0.29) is 0 Å². The number of benzene rings is 1. The van der Waals surface area contributed by atoms with Crippen LogP contribution in [0.3, 0.4) is 0 Å². The number of fused-ring (bicyclic) bond motifs is 1. The maximum Gasteiger partial charge on any atom is 0.0996 e. The molecule has 1 heterocycles. The van der Waals surface area contributed by atoms with Gasteiger partial charge in [0.25, 0.3) is 0 Å². The first-order chi connectivity index (χ1) is 9.71. The van der Waals surface area contributed by atoms with Gasteiger partial charge in [0.15, 0.2) is 0 Å². The Morgan fingerprint density at radius 1 is 1.45 bits per heavy atom. The summed E-state index contributed by atoms with van der Waals surface area (Å²) in [6.07, 6.45) is 7.59. The Morgan fingerprint density at radius 3 is 2.90 bits per heavy atom. The van der Waals surface area contributed by atoms with E-state index in [1.54, 1.807) is 13.3 Å². The van der Waals surface area contributed by atoms with Crippen LogP contribution in [0.2, 0.25) is 0 Å². The highest BCUT2D eigenvalue weighted by molar-refractivity contribution is 5.94. The number of aromatic amines is 1. The highest BCUT2D eigenvalue weighted by Crippen LogP contribution is 2.26. The summed E-state index contributed by atoms with van der Waals surface area (Å²) in [5, 5.41) is 17.4.